The number of amides is 1. The zero-order chi connectivity index (χ0) is 27.3. The zero-order valence-electron chi connectivity index (χ0n) is 20.5. The van der Waals surface area contributed by atoms with E-state index in [0.717, 1.165) is 29.7 Å². The Kier molecular flexibility index (Phi) is 6.45. The summed E-state index contributed by atoms with van der Waals surface area (Å²) in [5.41, 5.74) is 3.65. The van der Waals surface area contributed by atoms with Crippen molar-refractivity contribution in [2.75, 3.05) is 4.90 Å². The Morgan fingerprint density at radius 2 is 1.85 bits per heavy atom. The predicted molar refractivity (Wildman–Crippen MR) is 145 cm³/mol. The van der Waals surface area contributed by atoms with E-state index in [2.05, 4.69) is 5.16 Å². The largest absolute Gasteiger partial charge is 0.507 e. The van der Waals surface area contributed by atoms with Crippen molar-refractivity contribution in [1.82, 2.24) is 5.16 Å². The number of aromatic nitrogens is 1. The highest BCUT2D eigenvalue weighted by atomic mass is 35.5. The third-order valence-corrected chi connectivity index (χ3v) is 7.60. The van der Waals surface area contributed by atoms with Gasteiger partial charge < -0.3 is 19.5 Å². The first kappa shape index (κ1) is 25.3. The van der Waals surface area contributed by atoms with Crippen molar-refractivity contribution in [2.45, 2.75) is 38.2 Å². The Balaban J connectivity index is 1.29. The highest BCUT2D eigenvalue weighted by Crippen LogP contribution is 2.46. The monoisotopic (exact) mass is 564 g/mol. The standard InChI is InChI=1S/C29H22Cl2N2O6/c30-21-2-1-3-22(31)26(21)27-20(28(39-32-27)15-4-5-15)14-38-18-8-10-23-16(12-18)6-11-25(35)33(23)17-7-9-19(29(36)37)24(34)13-17/h1-3,7-10,12-13,15,34H,4-6,11,14H2,(H,36,37). The first-order valence-electron chi connectivity index (χ1n) is 12.4. The van der Waals surface area contributed by atoms with Crippen molar-refractivity contribution in [3.05, 3.63) is 87.1 Å². The molecule has 0 bridgehead atoms. The van der Waals surface area contributed by atoms with Gasteiger partial charge in [-0.05, 0) is 67.3 Å². The molecule has 1 aliphatic carbocycles. The molecule has 6 rings (SSSR count). The van der Waals surface area contributed by atoms with E-state index < -0.39 is 11.7 Å². The van der Waals surface area contributed by atoms with Gasteiger partial charge in [0, 0.05) is 24.0 Å². The molecule has 0 spiro atoms. The molecule has 2 N–H and O–H groups in total. The van der Waals surface area contributed by atoms with E-state index in [9.17, 15) is 19.8 Å². The summed E-state index contributed by atoms with van der Waals surface area (Å²) in [6, 6.07) is 14.8. The lowest BCUT2D eigenvalue weighted by Gasteiger charge is -2.30. The van der Waals surface area contributed by atoms with Gasteiger partial charge in [0.15, 0.2) is 0 Å². The quantitative estimate of drug-likeness (QED) is 0.245. The number of fused-ring (bicyclic) bond motifs is 1. The molecular weight excluding hydrogens is 543 g/mol. The third kappa shape index (κ3) is 4.70. The summed E-state index contributed by atoms with van der Waals surface area (Å²) >= 11 is 12.9. The van der Waals surface area contributed by atoms with Crippen LogP contribution in [0.25, 0.3) is 11.3 Å². The topological polar surface area (TPSA) is 113 Å². The summed E-state index contributed by atoms with van der Waals surface area (Å²) in [4.78, 5) is 25.6. The van der Waals surface area contributed by atoms with Crippen LogP contribution in [-0.2, 0) is 17.8 Å². The Bertz CT molecular complexity index is 1610. The van der Waals surface area contributed by atoms with Crippen LogP contribution in [0, 0.1) is 0 Å². The molecule has 3 aromatic carbocycles. The molecular formula is C29H22Cl2N2O6. The predicted octanol–water partition coefficient (Wildman–Crippen LogP) is 7.12. The molecule has 1 saturated carbocycles. The average Bonchev–Trinajstić information content (AvgIpc) is 3.67. The van der Waals surface area contributed by atoms with Gasteiger partial charge in [0.1, 0.15) is 35.1 Å². The molecule has 198 valence electrons. The number of anilines is 2. The van der Waals surface area contributed by atoms with Gasteiger partial charge in [0.25, 0.3) is 0 Å². The van der Waals surface area contributed by atoms with Crippen LogP contribution in [-0.4, -0.2) is 27.2 Å². The highest BCUT2D eigenvalue weighted by Gasteiger charge is 2.34. The summed E-state index contributed by atoms with van der Waals surface area (Å²) in [5.74, 6) is -0.137. The fourth-order valence-corrected chi connectivity index (χ4v) is 5.46. The molecule has 1 aromatic heterocycles. The van der Waals surface area contributed by atoms with E-state index in [1.165, 1.54) is 23.1 Å². The van der Waals surface area contributed by atoms with Crippen LogP contribution >= 0.6 is 23.2 Å². The van der Waals surface area contributed by atoms with E-state index in [1.54, 1.807) is 30.3 Å². The van der Waals surface area contributed by atoms with E-state index in [1.807, 2.05) is 6.07 Å². The maximum absolute atomic E-state index is 12.8. The normalized spacial score (nSPS) is 14.8. The van der Waals surface area contributed by atoms with Crippen molar-refractivity contribution in [2.24, 2.45) is 0 Å². The van der Waals surface area contributed by atoms with Crippen molar-refractivity contribution in [1.29, 1.82) is 0 Å². The summed E-state index contributed by atoms with van der Waals surface area (Å²) in [5, 5.41) is 24.6. The molecule has 0 saturated heterocycles. The van der Waals surface area contributed by atoms with Crippen molar-refractivity contribution in [3.8, 4) is 22.8 Å². The van der Waals surface area contributed by atoms with Gasteiger partial charge in [-0.1, -0.05) is 34.4 Å². The summed E-state index contributed by atoms with van der Waals surface area (Å²) in [6.45, 7) is 0.193. The van der Waals surface area contributed by atoms with Crippen LogP contribution in [0.15, 0.2) is 59.1 Å². The molecule has 0 atom stereocenters. The molecule has 10 heteroatoms. The van der Waals surface area contributed by atoms with E-state index in [0.29, 0.717) is 44.8 Å². The Hall–Kier alpha value is -4.01. The number of hydrogen-bond acceptors (Lipinski definition) is 6. The molecule has 2 aliphatic rings. The summed E-state index contributed by atoms with van der Waals surface area (Å²) in [7, 11) is 0. The maximum atomic E-state index is 12.8. The minimum Gasteiger partial charge on any atom is -0.507 e. The van der Waals surface area contributed by atoms with Gasteiger partial charge in [-0.3, -0.25) is 9.69 Å². The highest BCUT2D eigenvalue weighted by molar-refractivity contribution is 6.39. The number of benzene rings is 3. The number of carbonyl (C=O) groups excluding carboxylic acids is 1. The Labute approximate surface area is 233 Å². The zero-order valence-corrected chi connectivity index (χ0v) is 22.0. The van der Waals surface area contributed by atoms with Gasteiger partial charge in [0.05, 0.1) is 27.0 Å². The van der Waals surface area contributed by atoms with Crippen molar-refractivity contribution >= 4 is 46.5 Å². The summed E-state index contributed by atoms with van der Waals surface area (Å²) < 4.78 is 11.9. The fraction of sp³-hybridized carbons (Fsp3) is 0.207. The first-order chi connectivity index (χ1) is 18.8. The fourth-order valence-electron chi connectivity index (χ4n) is 4.88. The lowest BCUT2D eigenvalue weighted by atomic mass is 9.99. The van der Waals surface area contributed by atoms with E-state index >= 15 is 0 Å². The van der Waals surface area contributed by atoms with Gasteiger partial charge in [-0.25, -0.2) is 4.79 Å². The van der Waals surface area contributed by atoms with Crippen LogP contribution in [0.5, 0.6) is 11.5 Å². The first-order valence-corrected chi connectivity index (χ1v) is 13.1. The van der Waals surface area contributed by atoms with Crippen molar-refractivity contribution in [3.63, 3.8) is 0 Å². The maximum Gasteiger partial charge on any atom is 0.339 e. The number of phenols is 1. The van der Waals surface area contributed by atoms with Crippen LogP contribution < -0.4 is 9.64 Å². The molecule has 0 radical (unpaired) electrons. The number of carbonyl (C=O) groups is 2. The number of rotatable bonds is 7. The van der Waals surface area contributed by atoms with Gasteiger partial charge in [0.2, 0.25) is 5.91 Å². The second-order valence-electron chi connectivity index (χ2n) is 9.56. The molecule has 2 heterocycles. The number of aromatic hydroxyl groups is 1. The lowest BCUT2D eigenvalue weighted by molar-refractivity contribution is -0.118. The number of hydrogen-bond donors (Lipinski definition) is 2. The van der Waals surface area contributed by atoms with E-state index in [4.69, 9.17) is 32.5 Å². The molecule has 4 aromatic rings. The van der Waals surface area contributed by atoms with Gasteiger partial charge in [-0.2, -0.15) is 0 Å². The number of halogens is 2. The van der Waals surface area contributed by atoms with Crippen LogP contribution in [0.4, 0.5) is 11.4 Å². The molecule has 0 unspecified atom stereocenters. The summed E-state index contributed by atoms with van der Waals surface area (Å²) in [6.07, 6.45) is 2.81. The number of carboxylic acid groups (broad SMARTS) is 1. The number of ether oxygens (including phenoxy) is 1. The number of aryl methyl sites for hydroxylation is 1. The second kappa shape index (κ2) is 9.94. The van der Waals surface area contributed by atoms with E-state index in [-0.39, 0.29) is 30.4 Å². The second-order valence-corrected chi connectivity index (χ2v) is 10.4. The lowest BCUT2D eigenvalue weighted by Crippen LogP contribution is -2.30. The third-order valence-electron chi connectivity index (χ3n) is 6.97. The molecule has 39 heavy (non-hydrogen) atoms. The van der Waals surface area contributed by atoms with Crippen LogP contribution in [0.1, 0.15) is 52.4 Å². The van der Waals surface area contributed by atoms with Gasteiger partial charge >= 0.3 is 5.97 Å². The minimum atomic E-state index is -1.25. The average molecular weight is 565 g/mol. The smallest absolute Gasteiger partial charge is 0.339 e. The molecule has 1 aliphatic heterocycles. The molecule has 8 nitrogen and oxygen atoms in total. The Morgan fingerprint density at radius 3 is 2.54 bits per heavy atom. The minimum absolute atomic E-state index is 0.154. The van der Waals surface area contributed by atoms with Gasteiger partial charge in [-0.15, -0.1) is 0 Å². The SMILES string of the molecule is O=C(O)c1ccc(N2C(=O)CCc3cc(OCc4c(-c5c(Cl)cccc5Cl)noc4C4CC4)ccc32)cc1O. The van der Waals surface area contributed by atoms with Crippen LogP contribution in [0.3, 0.4) is 0 Å². The van der Waals surface area contributed by atoms with Crippen LogP contribution in [0.2, 0.25) is 10.0 Å². The molecule has 1 amide bonds. The molecule has 1 fully saturated rings. The van der Waals surface area contributed by atoms with Crippen molar-refractivity contribution < 1.29 is 29.1 Å². The number of aromatic carboxylic acids is 1. The number of carboxylic acids is 1. The number of nitrogens with zero attached hydrogens (tertiary/aromatic N) is 2. The Morgan fingerprint density at radius 1 is 1.08 bits per heavy atom.